The quantitative estimate of drug-likeness (QED) is 0.0428. The van der Waals surface area contributed by atoms with Gasteiger partial charge in [0.2, 0.25) is 0 Å². The van der Waals surface area contributed by atoms with Crippen LogP contribution >= 0.6 is 0 Å². The SMILES string of the molecule is CCCCCCc1ccc(C(=O)OOOC(=O)OCCCCCCCCOC(=O)OOOC(=O)c2ccc(CCCCCC)cc2)cc1. The summed E-state index contributed by atoms with van der Waals surface area (Å²) >= 11 is 0. The van der Waals surface area contributed by atoms with Gasteiger partial charge in [-0.25, -0.2) is 29.0 Å². The van der Waals surface area contributed by atoms with Gasteiger partial charge in [-0.1, -0.05) is 102 Å². The van der Waals surface area contributed by atoms with Crippen LogP contribution in [0.25, 0.3) is 0 Å². The van der Waals surface area contributed by atoms with Crippen LogP contribution < -0.4 is 0 Å². The van der Waals surface area contributed by atoms with Crippen molar-refractivity contribution in [2.75, 3.05) is 13.2 Å². The van der Waals surface area contributed by atoms with Gasteiger partial charge in [0, 0.05) is 0 Å². The maximum absolute atomic E-state index is 12.0. The second-order valence-corrected chi connectivity index (χ2v) is 11.4. The Bertz CT molecular complexity index is 1090. The lowest BCUT2D eigenvalue weighted by Gasteiger charge is -2.06. The van der Waals surface area contributed by atoms with E-state index in [0.29, 0.717) is 12.8 Å². The van der Waals surface area contributed by atoms with Crippen molar-refractivity contribution in [1.29, 1.82) is 0 Å². The fraction of sp³-hybridized carbons (Fsp3) is 0.556. The summed E-state index contributed by atoms with van der Waals surface area (Å²) < 4.78 is 9.75. The topological polar surface area (TPSA) is 142 Å². The molecular formula is C36H50O12. The van der Waals surface area contributed by atoms with Gasteiger partial charge in [0.05, 0.1) is 34.4 Å². The molecule has 0 amide bonds. The maximum Gasteiger partial charge on any atom is 0.543 e. The molecule has 48 heavy (non-hydrogen) atoms. The molecule has 2 rings (SSSR count). The summed E-state index contributed by atoms with van der Waals surface area (Å²) in [4.78, 5) is 64.8. The number of carbonyl (C=O) groups is 4. The average Bonchev–Trinajstić information content (AvgIpc) is 3.09. The summed E-state index contributed by atoms with van der Waals surface area (Å²) in [5.74, 6) is -1.58. The smallest absolute Gasteiger partial charge is 0.432 e. The molecule has 0 atom stereocenters. The van der Waals surface area contributed by atoms with Gasteiger partial charge in [0.25, 0.3) is 0 Å². The number of aryl methyl sites for hydroxylation is 2. The maximum atomic E-state index is 12.0. The predicted molar refractivity (Wildman–Crippen MR) is 174 cm³/mol. The normalized spacial score (nSPS) is 10.6. The van der Waals surface area contributed by atoms with Gasteiger partial charge in [0.1, 0.15) is 0 Å². The summed E-state index contributed by atoms with van der Waals surface area (Å²) in [6.45, 7) is 4.55. The Morgan fingerprint density at radius 1 is 0.438 bits per heavy atom. The molecule has 0 unspecified atom stereocenters. The fourth-order valence-electron chi connectivity index (χ4n) is 4.64. The van der Waals surface area contributed by atoms with Crippen molar-refractivity contribution in [3.63, 3.8) is 0 Å². The van der Waals surface area contributed by atoms with E-state index in [1.807, 2.05) is 24.3 Å². The molecule has 0 radical (unpaired) electrons. The first kappa shape index (κ1) is 40.0. The third kappa shape index (κ3) is 18.9. The van der Waals surface area contributed by atoms with Crippen LogP contribution in [0.15, 0.2) is 48.5 Å². The Morgan fingerprint density at radius 3 is 1.17 bits per heavy atom. The highest BCUT2D eigenvalue weighted by Gasteiger charge is 2.14. The summed E-state index contributed by atoms with van der Waals surface area (Å²) in [6, 6.07) is 14.0. The minimum Gasteiger partial charge on any atom is -0.432 e. The number of ether oxygens (including phenoxy) is 2. The zero-order chi connectivity index (χ0) is 34.7. The van der Waals surface area contributed by atoms with Gasteiger partial charge in [-0.15, -0.1) is 0 Å². The number of unbranched alkanes of at least 4 members (excludes halogenated alkanes) is 11. The molecule has 0 fully saturated rings. The molecule has 2 aromatic rings. The highest BCUT2D eigenvalue weighted by Crippen LogP contribution is 2.13. The predicted octanol–water partition coefficient (Wildman–Crippen LogP) is 9.29. The van der Waals surface area contributed by atoms with Crippen molar-refractivity contribution in [3.8, 4) is 0 Å². The third-order valence-electron chi connectivity index (χ3n) is 7.42. The van der Waals surface area contributed by atoms with Gasteiger partial charge in [-0.2, -0.15) is 0 Å². The lowest BCUT2D eigenvalue weighted by atomic mass is 10.0. The molecule has 0 spiro atoms. The lowest BCUT2D eigenvalue weighted by molar-refractivity contribution is -0.452. The molecule has 0 N–H and O–H groups in total. The van der Waals surface area contributed by atoms with E-state index in [4.69, 9.17) is 9.47 Å². The first-order chi connectivity index (χ1) is 23.4. The highest BCUT2D eigenvalue weighted by molar-refractivity contribution is 5.89. The Balaban J connectivity index is 1.39. The number of hydrogen-bond donors (Lipinski definition) is 0. The minimum atomic E-state index is -1.12. The van der Waals surface area contributed by atoms with Crippen LogP contribution in [0.1, 0.15) is 136 Å². The van der Waals surface area contributed by atoms with Gasteiger partial charge in [0.15, 0.2) is 0 Å². The zero-order valence-corrected chi connectivity index (χ0v) is 28.2. The van der Waals surface area contributed by atoms with Crippen molar-refractivity contribution in [2.45, 2.75) is 117 Å². The fourth-order valence-corrected chi connectivity index (χ4v) is 4.64. The van der Waals surface area contributed by atoms with Crippen molar-refractivity contribution >= 4 is 24.2 Å². The van der Waals surface area contributed by atoms with E-state index in [0.717, 1.165) is 62.5 Å². The molecule has 0 bridgehead atoms. The summed E-state index contributed by atoms with van der Waals surface area (Å²) in [6.07, 6.45) is 13.5. The first-order valence-corrected chi connectivity index (χ1v) is 17.0. The molecule has 266 valence electrons. The summed E-state index contributed by atoms with van der Waals surface area (Å²) in [5.41, 5.74) is 2.81. The van der Waals surface area contributed by atoms with E-state index >= 15 is 0 Å². The van der Waals surface area contributed by atoms with E-state index in [1.165, 1.54) is 38.5 Å². The third-order valence-corrected chi connectivity index (χ3v) is 7.42. The van der Waals surface area contributed by atoms with Crippen LogP contribution in [0.2, 0.25) is 0 Å². The van der Waals surface area contributed by atoms with Crippen LogP contribution in [-0.4, -0.2) is 37.5 Å². The number of hydrogen-bond acceptors (Lipinski definition) is 12. The minimum absolute atomic E-state index is 0.111. The van der Waals surface area contributed by atoms with Crippen molar-refractivity contribution < 1.29 is 58.3 Å². The Hall–Kier alpha value is -4.16. The number of carbonyl (C=O) groups excluding carboxylic acids is 4. The summed E-state index contributed by atoms with van der Waals surface area (Å²) in [7, 11) is 0. The van der Waals surface area contributed by atoms with Crippen LogP contribution in [-0.2, 0) is 51.9 Å². The van der Waals surface area contributed by atoms with E-state index in [1.54, 1.807) is 24.3 Å². The molecule has 0 saturated carbocycles. The molecule has 12 nitrogen and oxygen atoms in total. The van der Waals surface area contributed by atoms with Crippen molar-refractivity contribution in [2.24, 2.45) is 0 Å². The highest BCUT2D eigenvalue weighted by atomic mass is 17.5. The molecule has 0 aliphatic carbocycles. The lowest BCUT2D eigenvalue weighted by Crippen LogP contribution is -2.13. The molecule has 0 heterocycles. The second kappa shape index (κ2) is 25.9. The van der Waals surface area contributed by atoms with E-state index in [2.05, 4.69) is 43.5 Å². The average molecular weight is 675 g/mol. The molecule has 2 aromatic carbocycles. The molecule has 12 heteroatoms. The Labute approximate surface area is 283 Å². The monoisotopic (exact) mass is 674 g/mol. The number of rotatable bonds is 25. The van der Waals surface area contributed by atoms with Gasteiger partial charge in [-0.05, 0) is 73.9 Å². The second-order valence-electron chi connectivity index (χ2n) is 11.4. The van der Waals surface area contributed by atoms with Gasteiger partial charge < -0.3 is 9.47 Å². The van der Waals surface area contributed by atoms with Crippen LogP contribution in [0, 0.1) is 0 Å². The molecule has 0 aliphatic rings. The van der Waals surface area contributed by atoms with Crippen LogP contribution in [0.3, 0.4) is 0 Å². The van der Waals surface area contributed by atoms with Gasteiger partial charge in [-0.3, -0.25) is 9.78 Å². The van der Waals surface area contributed by atoms with Crippen LogP contribution in [0.4, 0.5) is 9.59 Å². The van der Waals surface area contributed by atoms with Crippen molar-refractivity contribution in [3.05, 3.63) is 70.8 Å². The van der Waals surface area contributed by atoms with E-state index < -0.39 is 24.2 Å². The summed E-state index contributed by atoms with van der Waals surface area (Å²) in [5, 5.41) is 8.51. The first-order valence-electron chi connectivity index (χ1n) is 17.0. The van der Waals surface area contributed by atoms with Gasteiger partial charge >= 0.3 is 24.2 Å². The largest absolute Gasteiger partial charge is 0.543 e. The molecule has 0 saturated heterocycles. The standard InChI is InChI=1S/C36H50O12/c1-3-5-7-13-17-29-19-23-31(24-20-29)33(37)43-47-45-35(39)41-27-15-11-9-10-12-16-28-42-36(40)46-48-44-34(38)32-25-21-30(22-26-32)18-14-8-6-4-2/h19-26H,3-18,27-28H2,1-2H3. The molecule has 0 aromatic heterocycles. The zero-order valence-electron chi connectivity index (χ0n) is 28.2. The van der Waals surface area contributed by atoms with E-state index in [9.17, 15) is 19.2 Å². The Kier molecular flexibility index (Phi) is 21.6. The van der Waals surface area contributed by atoms with Crippen LogP contribution in [0.5, 0.6) is 0 Å². The van der Waals surface area contributed by atoms with Crippen molar-refractivity contribution in [1.82, 2.24) is 0 Å². The van der Waals surface area contributed by atoms with E-state index in [-0.39, 0.29) is 24.3 Å². The molecule has 0 aliphatic heterocycles. The molecular weight excluding hydrogens is 624 g/mol. The number of benzene rings is 2. The Morgan fingerprint density at radius 2 is 0.792 bits per heavy atom.